The van der Waals surface area contributed by atoms with Gasteiger partial charge in [-0.1, -0.05) is 23.2 Å². The lowest BCUT2D eigenvalue weighted by atomic mass is 10.0. The van der Waals surface area contributed by atoms with Crippen LogP contribution in [0, 0.1) is 0 Å². The van der Waals surface area contributed by atoms with Crippen LogP contribution in [0.4, 0.5) is 11.4 Å². The van der Waals surface area contributed by atoms with Crippen molar-refractivity contribution in [1.29, 1.82) is 0 Å². The van der Waals surface area contributed by atoms with Crippen LogP contribution in [0.15, 0.2) is 35.2 Å². The Kier molecular flexibility index (Phi) is 6.52. The van der Waals surface area contributed by atoms with Crippen molar-refractivity contribution < 1.29 is 18.0 Å². The Labute approximate surface area is 198 Å². The third-order valence-corrected chi connectivity index (χ3v) is 7.58. The summed E-state index contributed by atoms with van der Waals surface area (Å²) in [4.78, 5) is 29.3. The van der Waals surface area contributed by atoms with Crippen molar-refractivity contribution in [2.24, 2.45) is 0 Å². The molecule has 0 radical (unpaired) electrons. The van der Waals surface area contributed by atoms with Crippen LogP contribution in [0.3, 0.4) is 0 Å². The summed E-state index contributed by atoms with van der Waals surface area (Å²) >= 11 is 12.5. The fourth-order valence-corrected chi connectivity index (χ4v) is 5.74. The Morgan fingerprint density at radius 2 is 1.66 bits per heavy atom. The molecule has 0 fully saturated rings. The minimum atomic E-state index is -3.29. The molecule has 32 heavy (non-hydrogen) atoms. The molecular formula is C23H24Cl2N2O4S. The van der Waals surface area contributed by atoms with Gasteiger partial charge in [0, 0.05) is 42.9 Å². The van der Waals surface area contributed by atoms with E-state index in [1.165, 1.54) is 12.3 Å². The largest absolute Gasteiger partial charge is 0.312 e. The van der Waals surface area contributed by atoms with E-state index in [4.69, 9.17) is 23.2 Å². The van der Waals surface area contributed by atoms with E-state index in [2.05, 4.69) is 0 Å². The molecule has 0 bridgehead atoms. The summed E-state index contributed by atoms with van der Waals surface area (Å²) in [5.41, 5.74) is 3.31. The van der Waals surface area contributed by atoms with E-state index in [9.17, 15) is 18.0 Å². The Balaban J connectivity index is 1.38. The maximum atomic E-state index is 12.9. The number of hydrogen-bond acceptors (Lipinski definition) is 4. The molecule has 6 nitrogen and oxygen atoms in total. The van der Waals surface area contributed by atoms with Crippen LogP contribution in [0.5, 0.6) is 0 Å². The number of rotatable bonds is 5. The van der Waals surface area contributed by atoms with E-state index < -0.39 is 9.84 Å². The topological polar surface area (TPSA) is 74.8 Å². The molecule has 0 aliphatic carbocycles. The number of hydrogen-bond donors (Lipinski definition) is 0. The fourth-order valence-electron chi connectivity index (χ4n) is 4.43. The second-order valence-corrected chi connectivity index (χ2v) is 11.1. The van der Waals surface area contributed by atoms with E-state index >= 15 is 0 Å². The monoisotopic (exact) mass is 494 g/mol. The van der Waals surface area contributed by atoms with Crippen molar-refractivity contribution in [1.82, 2.24) is 0 Å². The number of halogens is 2. The van der Waals surface area contributed by atoms with Crippen LogP contribution < -0.4 is 9.80 Å². The number of carbonyl (C=O) groups excluding carboxylic acids is 2. The summed E-state index contributed by atoms with van der Waals surface area (Å²) in [6, 6.07) is 8.38. The molecule has 4 rings (SSSR count). The molecule has 2 heterocycles. The van der Waals surface area contributed by atoms with E-state index in [1.807, 2.05) is 6.07 Å². The van der Waals surface area contributed by atoms with Crippen LogP contribution in [-0.2, 0) is 32.3 Å². The minimum Gasteiger partial charge on any atom is -0.312 e. The zero-order chi connectivity index (χ0) is 23.0. The molecule has 0 saturated heterocycles. The molecule has 2 aromatic rings. The predicted molar refractivity (Wildman–Crippen MR) is 127 cm³/mol. The van der Waals surface area contributed by atoms with E-state index in [1.54, 1.807) is 28.0 Å². The third kappa shape index (κ3) is 4.65. The van der Waals surface area contributed by atoms with Crippen LogP contribution in [0.1, 0.15) is 36.8 Å². The van der Waals surface area contributed by atoms with Crippen LogP contribution in [0.2, 0.25) is 10.0 Å². The molecule has 170 valence electrons. The van der Waals surface area contributed by atoms with Gasteiger partial charge in [0.15, 0.2) is 9.84 Å². The van der Waals surface area contributed by atoms with Crippen LogP contribution >= 0.6 is 23.2 Å². The van der Waals surface area contributed by atoms with Gasteiger partial charge in [0.25, 0.3) is 0 Å². The average molecular weight is 495 g/mol. The molecule has 0 N–H and O–H groups in total. The quantitative estimate of drug-likeness (QED) is 0.615. The normalized spacial score (nSPS) is 15.5. The van der Waals surface area contributed by atoms with Crippen molar-refractivity contribution in [2.45, 2.75) is 43.4 Å². The van der Waals surface area contributed by atoms with Gasteiger partial charge in [0.05, 0.1) is 15.6 Å². The number of carbonyl (C=O) groups is 2. The number of anilines is 2. The zero-order valence-corrected chi connectivity index (χ0v) is 20.1. The smallest absolute Gasteiger partial charge is 0.227 e. The minimum absolute atomic E-state index is 0.0532. The lowest BCUT2D eigenvalue weighted by Crippen LogP contribution is -2.36. The third-order valence-electron chi connectivity index (χ3n) is 5.96. The molecule has 9 heteroatoms. The molecule has 2 aromatic carbocycles. The van der Waals surface area contributed by atoms with Gasteiger partial charge in [-0.25, -0.2) is 8.42 Å². The summed E-state index contributed by atoms with van der Waals surface area (Å²) in [5, 5.41) is 1.03. The molecular weight excluding hydrogens is 471 g/mol. The fraction of sp³-hybridized carbons (Fsp3) is 0.391. The number of nitrogens with zero attached hydrogens (tertiary/aromatic N) is 2. The molecule has 0 aromatic heterocycles. The molecule has 0 saturated carbocycles. The Morgan fingerprint density at radius 3 is 2.38 bits per heavy atom. The number of aryl methyl sites for hydroxylation is 1. The van der Waals surface area contributed by atoms with Crippen molar-refractivity contribution >= 4 is 56.2 Å². The van der Waals surface area contributed by atoms with Gasteiger partial charge < -0.3 is 9.80 Å². The Bertz CT molecular complexity index is 1200. The first kappa shape index (κ1) is 23.1. The van der Waals surface area contributed by atoms with E-state index in [0.29, 0.717) is 36.0 Å². The maximum absolute atomic E-state index is 12.9. The van der Waals surface area contributed by atoms with Crippen molar-refractivity contribution in [3.63, 3.8) is 0 Å². The van der Waals surface area contributed by atoms with Gasteiger partial charge in [-0.2, -0.15) is 0 Å². The van der Waals surface area contributed by atoms with E-state index in [-0.39, 0.29) is 29.6 Å². The Hall–Kier alpha value is -2.09. The first-order valence-corrected chi connectivity index (χ1v) is 13.2. The lowest BCUT2D eigenvalue weighted by Gasteiger charge is -2.30. The summed E-state index contributed by atoms with van der Waals surface area (Å²) < 4.78 is 23.5. The van der Waals surface area contributed by atoms with Gasteiger partial charge in [0.2, 0.25) is 11.8 Å². The molecule has 2 aliphatic heterocycles. The molecule has 2 aliphatic rings. The highest BCUT2D eigenvalue weighted by Gasteiger charge is 2.28. The number of benzene rings is 2. The highest BCUT2D eigenvalue weighted by Crippen LogP contribution is 2.37. The zero-order valence-electron chi connectivity index (χ0n) is 17.7. The highest BCUT2D eigenvalue weighted by molar-refractivity contribution is 7.90. The summed E-state index contributed by atoms with van der Waals surface area (Å²) in [7, 11) is -3.29. The van der Waals surface area contributed by atoms with Gasteiger partial charge >= 0.3 is 0 Å². The summed E-state index contributed by atoms with van der Waals surface area (Å²) in [5.74, 6) is -0.116. The van der Waals surface area contributed by atoms with Crippen molar-refractivity contribution in [3.8, 4) is 0 Å². The van der Waals surface area contributed by atoms with Gasteiger partial charge in [-0.15, -0.1) is 0 Å². The average Bonchev–Trinajstić information content (AvgIpc) is 3.15. The standard InChI is InChI=1S/C23H24Cl2N2O4S/c1-32(30,31)18-7-8-20-15(13-18)9-11-26(20)21(28)5-2-6-22(29)27-10-3-4-16-12-17(24)14-19(25)23(16)27/h7-8,12-14H,2-6,9-11H2,1H3. The maximum Gasteiger partial charge on any atom is 0.227 e. The Morgan fingerprint density at radius 1 is 0.938 bits per heavy atom. The predicted octanol–water partition coefficient (Wildman–Crippen LogP) is 4.44. The van der Waals surface area contributed by atoms with Crippen molar-refractivity contribution in [3.05, 3.63) is 51.5 Å². The van der Waals surface area contributed by atoms with Crippen LogP contribution in [0.25, 0.3) is 0 Å². The highest BCUT2D eigenvalue weighted by atomic mass is 35.5. The van der Waals surface area contributed by atoms with Gasteiger partial charge in [0.1, 0.15) is 0 Å². The first-order valence-electron chi connectivity index (χ1n) is 10.6. The van der Waals surface area contributed by atoms with Crippen LogP contribution in [-0.4, -0.2) is 39.6 Å². The summed E-state index contributed by atoms with van der Waals surface area (Å²) in [6.07, 6.45) is 4.39. The molecule has 2 amide bonds. The van der Waals surface area contributed by atoms with Gasteiger partial charge in [-0.05, 0) is 67.1 Å². The second kappa shape index (κ2) is 9.04. The number of sulfone groups is 1. The lowest BCUT2D eigenvalue weighted by molar-refractivity contribution is -0.119. The molecule has 0 spiro atoms. The molecule has 0 unspecified atom stereocenters. The first-order chi connectivity index (χ1) is 15.1. The van der Waals surface area contributed by atoms with Gasteiger partial charge in [-0.3, -0.25) is 9.59 Å². The number of fused-ring (bicyclic) bond motifs is 2. The molecule has 0 atom stereocenters. The summed E-state index contributed by atoms with van der Waals surface area (Å²) in [6.45, 7) is 1.12. The number of amides is 2. The second-order valence-electron chi connectivity index (χ2n) is 8.26. The van der Waals surface area contributed by atoms with E-state index in [0.717, 1.165) is 35.3 Å². The van der Waals surface area contributed by atoms with Crippen molar-refractivity contribution in [2.75, 3.05) is 29.1 Å². The SMILES string of the molecule is CS(=O)(=O)c1ccc2c(c1)CCN2C(=O)CCCC(=O)N1CCCc2cc(Cl)cc(Cl)c21.